The summed E-state index contributed by atoms with van der Waals surface area (Å²) in [5, 5.41) is 3.45. The first-order chi connectivity index (χ1) is 11.9. The molecule has 1 aliphatic heterocycles. The van der Waals surface area contributed by atoms with Gasteiger partial charge in [0.2, 0.25) is 11.8 Å². The summed E-state index contributed by atoms with van der Waals surface area (Å²) in [7, 11) is 3.56. The van der Waals surface area contributed by atoms with Crippen molar-refractivity contribution in [2.45, 2.75) is 19.8 Å². The molecule has 1 aromatic carbocycles. The predicted octanol–water partition coefficient (Wildman–Crippen LogP) is 2.15. The Labute approximate surface area is 153 Å². The second-order valence-corrected chi connectivity index (χ2v) is 7.34. The molecule has 0 unspecified atom stereocenters. The number of likely N-dealkylation sites (N-methyl/N-ethyl adjacent to an activating group) is 1. The van der Waals surface area contributed by atoms with Crippen LogP contribution in [-0.2, 0) is 9.59 Å². The number of aryl methyl sites for hydroxylation is 1. The molecule has 1 aliphatic carbocycles. The third-order valence-electron chi connectivity index (χ3n) is 5.11. The van der Waals surface area contributed by atoms with Gasteiger partial charge >= 0.3 is 0 Å². The van der Waals surface area contributed by atoms with Gasteiger partial charge < -0.3 is 19.9 Å². The molecule has 2 aliphatic rings. The minimum Gasteiger partial charge on any atom is -0.495 e. The van der Waals surface area contributed by atoms with Gasteiger partial charge in [-0.1, -0.05) is 11.6 Å². The molecule has 3 rings (SSSR count). The minimum absolute atomic E-state index is 0.0530. The summed E-state index contributed by atoms with van der Waals surface area (Å²) in [4.78, 5) is 29.7. The third kappa shape index (κ3) is 3.46. The minimum atomic E-state index is -0.922. The lowest BCUT2D eigenvalue weighted by molar-refractivity contribution is -0.143. The van der Waals surface area contributed by atoms with E-state index in [9.17, 15) is 9.59 Å². The number of methoxy groups -OCH3 is 1. The molecular formula is C18H24ClN3O3. The van der Waals surface area contributed by atoms with Crippen LogP contribution in [0.2, 0.25) is 5.02 Å². The molecule has 25 heavy (non-hydrogen) atoms. The molecule has 2 fully saturated rings. The van der Waals surface area contributed by atoms with E-state index in [4.69, 9.17) is 16.3 Å². The Morgan fingerprint density at radius 2 is 1.84 bits per heavy atom. The normalized spacial score (nSPS) is 19.4. The van der Waals surface area contributed by atoms with Crippen LogP contribution in [-0.4, -0.2) is 62.0 Å². The number of hydrogen-bond acceptors (Lipinski definition) is 4. The highest BCUT2D eigenvalue weighted by atomic mass is 35.5. The van der Waals surface area contributed by atoms with Gasteiger partial charge in [0.25, 0.3) is 0 Å². The van der Waals surface area contributed by atoms with Crippen LogP contribution >= 0.6 is 11.6 Å². The van der Waals surface area contributed by atoms with E-state index in [-0.39, 0.29) is 11.8 Å². The molecule has 1 N–H and O–H groups in total. The van der Waals surface area contributed by atoms with Crippen LogP contribution in [0.25, 0.3) is 0 Å². The third-order valence-corrected chi connectivity index (χ3v) is 5.52. The smallest absolute Gasteiger partial charge is 0.240 e. The Morgan fingerprint density at radius 1 is 1.20 bits per heavy atom. The number of rotatable bonds is 4. The molecule has 1 aromatic rings. The lowest BCUT2D eigenvalue weighted by Gasteiger charge is -2.34. The lowest BCUT2D eigenvalue weighted by Crippen LogP contribution is -2.51. The van der Waals surface area contributed by atoms with E-state index >= 15 is 0 Å². The van der Waals surface area contributed by atoms with E-state index in [1.54, 1.807) is 12.1 Å². The summed E-state index contributed by atoms with van der Waals surface area (Å²) in [6.45, 7) is 4.89. The number of amides is 2. The Morgan fingerprint density at radius 3 is 2.40 bits per heavy atom. The van der Waals surface area contributed by atoms with Crippen LogP contribution in [0, 0.1) is 12.3 Å². The predicted molar refractivity (Wildman–Crippen MR) is 97.1 cm³/mol. The van der Waals surface area contributed by atoms with E-state index < -0.39 is 5.41 Å². The van der Waals surface area contributed by atoms with E-state index in [0.29, 0.717) is 42.4 Å². The van der Waals surface area contributed by atoms with Crippen molar-refractivity contribution >= 4 is 29.1 Å². The van der Waals surface area contributed by atoms with Gasteiger partial charge in [-0.3, -0.25) is 9.59 Å². The Hall–Kier alpha value is -1.79. The van der Waals surface area contributed by atoms with Gasteiger partial charge in [0.1, 0.15) is 11.2 Å². The molecule has 0 spiro atoms. The molecule has 1 saturated heterocycles. The Kier molecular flexibility index (Phi) is 4.93. The van der Waals surface area contributed by atoms with Crippen molar-refractivity contribution in [2.75, 3.05) is 45.7 Å². The van der Waals surface area contributed by atoms with Gasteiger partial charge in [0, 0.05) is 37.3 Å². The first kappa shape index (κ1) is 18.0. The van der Waals surface area contributed by atoms with E-state index in [1.165, 1.54) is 7.11 Å². The average molecular weight is 366 g/mol. The number of carbonyl (C=O) groups excluding carboxylic acids is 2. The highest BCUT2D eigenvalue weighted by Gasteiger charge is 2.58. The van der Waals surface area contributed by atoms with E-state index in [0.717, 1.165) is 18.7 Å². The summed E-state index contributed by atoms with van der Waals surface area (Å²) >= 11 is 6.11. The summed E-state index contributed by atoms with van der Waals surface area (Å²) in [5.41, 5.74) is 0.467. The molecule has 1 saturated carbocycles. The summed E-state index contributed by atoms with van der Waals surface area (Å²) in [6, 6.07) is 3.45. The quantitative estimate of drug-likeness (QED) is 0.830. The van der Waals surface area contributed by atoms with Crippen LogP contribution in [0.5, 0.6) is 5.75 Å². The number of halogens is 1. The number of nitrogens with one attached hydrogen (secondary N) is 1. The molecule has 1 heterocycles. The summed E-state index contributed by atoms with van der Waals surface area (Å²) in [5.74, 6) is 0.186. The van der Waals surface area contributed by atoms with Crippen molar-refractivity contribution in [3.05, 3.63) is 22.7 Å². The topological polar surface area (TPSA) is 61.9 Å². The summed E-state index contributed by atoms with van der Waals surface area (Å²) in [6.07, 6.45) is 1.19. The van der Waals surface area contributed by atoms with Gasteiger partial charge in [-0.05, 0) is 38.4 Å². The maximum atomic E-state index is 12.9. The van der Waals surface area contributed by atoms with E-state index in [2.05, 4.69) is 10.2 Å². The molecule has 0 bridgehead atoms. The van der Waals surface area contributed by atoms with Crippen LogP contribution in [0.3, 0.4) is 0 Å². The first-order valence-electron chi connectivity index (χ1n) is 8.51. The molecule has 7 heteroatoms. The van der Waals surface area contributed by atoms with Crippen LogP contribution in [0.4, 0.5) is 5.69 Å². The Balaban J connectivity index is 1.75. The second kappa shape index (κ2) is 6.84. The SMILES string of the molecule is COc1cc(Cl)c(C)cc1NC(=O)C1(C(=O)N2CCN(C)CC2)CC1. The number of carbonyl (C=O) groups is 2. The fourth-order valence-electron chi connectivity index (χ4n) is 3.15. The molecule has 0 atom stereocenters. The van der Waals surface area contributed by atoms with Gasteiger partial charge in [0.15, 0.2) is 0 Å². The van der Waals surface area contributed by atoms with Gasteiger partial charge in [-0.15, -0.1) is 0 Å². The monoisotopic (exact) mass is 365 g/mol. The largest absolute Gasteiger partial charge is 0.495 e. The first-order valence-corrected chi connectivity index (χ1v) is 8.89. The zero-order chi connectivity index (χ0) is 18.2. The van der Waals surface area contributed by atoms with Gasteiger partial charge in [0.05, 0.1) is 12.8 Å². The van der Waals surface area contributed by atoms with Crippen molar-refractivity contribution in [3.63, 3.8) is 0 Å². The molecule has 2 amide bonds. The number of ether oxygens (including phenoxy) is 1. The number of benzene rings is 1. The van der Waals surface area contributed by atoms with E-state index in [1.807, 2.05) is 18.9 Å². The van der Waals surface area contributed by atoms with Crippen molar-refractivity contribution < 1.29 is 14.3 Å². The molecule has 0 aromatic heterocycles. The fraction of sp³-hybridized carbons (Fsp3) is 0.556. The Bertz CT molecular complexity index is 695. The van der Waals surface area contributed by atoms with Crippen LogP contribution in [0.15, 0.2) is 12.1 Å². The lowest BCUT2D eigenvalue weighted by atomic mass is 10.0. The van der Waals surface area contributed by atoms with Gasteiger partial charge in [-0.2, -0.15) is 0 Å². The van der Waals surface area contributed by atoms with Crippen molar-refractivity contribution in [1.29, 1.82) is 0 Å². The molecule has 6 nitrogen and oxygen atoms in total. The zero-order valence-electron chi connectivity index (χ0n) is 14.9. The molecular weight excluding hydrogens is 342 g/mol. The number of piperazine rings is 1. The molecule has 0 radical (unpaired) electrons. The fourth-order valence-corrected chi connectivity index (χ4v) is 3.30. The van der Waals surface area contributed by atoms with Crippen LogP contribution in [0.1, 0.15) is 18.4 Å². The maximum Gasteiger partial charge on any atom is 0.240 e. The number of hydrogen-bond donors (Lipinski definition) is 1. The maximum absolute atomic E-state index is 12.9. The van der Waals surface area contributed by atoms with Gasteiger partial charge in [-0.25, -0.2) is 0 Å². The highest BCUT2D eigenvalue weighted by molar-refractivity contribution is 6.31. The summed E-state index contributed by atoms with van der Waals surface area (Å²) < 4.78 is 5.30. The zero-order valence-corrected chi connectivity index (χ0v) is 15.7. The highest BCUT2D eigenvalue weighted by Crippen LogP contribution is 2.48. The second-order valence-electron chi connectivity index (χ2n) is 6.93. The average Bonchev–Trinajstić information content (AvgIpc) is 3.40. The van der Waals surface area contributed by atoms with Crippen LogP contribution < -0.4 is 10.1 Å². The number of nitrogens with zero attached hydrogens (tertiary/aromatic N) is 2. The molecule has 136 valence electrons. The standard InChI is InChI=1S/C18H24ClN3O3/c1-12-10-14(15(25-3)11-13(12)19)20-16(23)18(4-5-18)17(24)22-8-6-21(2)7-9-22/h10-11H,4-9H2,1-3H3,(H,20,23). The van der Waals surface area contributed by atoms with Crippen molar-refractivity contribution in [2.24, 2.45) is 5.41 Å². The van der Waals surface area contributed by atoms with Crippen molar-refractivity contribution in [3.8, 4) is 5.75 Å². The number of anilines is 1. The van der Waals surface area contributed by atoms with Crippen molar-refractivity contribution in [1.82, 2.24) is 9.80 Å².